The Balaban J connectivity index is 3.27. The molecule has 1 unspecified atom stereocenters. The van der Waals surface area contributed by atoms with Gasteiger partial charge in [-0.05, 0) is 13.0 Å². The SMILES string of the molecule is CC(CO)N(C)S(=O)(=O)c1ccc([N+](=O)[O-])cc1N. The molecule has 1 aromatic rings. The maximum Gasteiger partial charge on any atom is 0.271 e. The third-order valence-electron chi connectivity index (χ3n) is 2.75. The normalized spacial score (nSPS) is 13.5. The third kappa shape index (κ3) is 3.00. The molecular weight excluding hydrogens is 274 g/mol. The molecule has 0 aliphatic rings. The van der Waals surface area contributed by atoms with Crippen molar-refractivity contribution < 1.29 is 18.4 Å². The van der Waals surface area contributed by atoms with Crippen molar-refractivity contribution in [2.75, 3.05) is 19.4 Å². The van der Waals surface area contributed by atoms with Crippen LogP contribution >= 0.6 is 0 Å². The molecule has 0 radical (unpaired) electrons. The number of nitro benzene ring substituents is 1. The van der Waals surface area contributed by atoms with Crippen molar-refractivity contribution in [3.8, 4) is 0 Å². The van der Waals surface area contributed by atoms with Gasteiger partial charge in [0.25, 0.3) is 5.69 Å². The molecule has 0 spiro atoms. The van der Waals surface area contributed by atoms with Crippen LogP contribution in [-0.2, 0) is 10.0 Å². The van der Waals surface area contributed by atoms with E-state index in [1.807, 2.05) is 0 Å². The smallest absolute Gasteiger partial charge is 0.271 e. The summed E-state index contributed by atoms with van der Waals surface area (Å²) in [6.07, 6.45) is 0. The van der Waals surface area contributed by atoms with E-state index >= 15 is 0 Å². The molecule has 0 amide bonds. The summed E-state index contributed by atoms with van der Waals surface area (Å²) in [6.45, 7) is 1.18. The minimum absolute atomic E-state index is 0.203. The van der Waals surface area contributed by atoms with Gasteiger partial charge in [0.15, 0.2) is 0 Å². The van der Waals surface area contributed by atoms with Gasteiger partial charge in [-0.15, -0.1) is 0 Å². The summed E-state index contributed by atoms with van der Waals surface area (Å²) < 4.78 is 25.4. The van der Waals surface area contributed by atoms with Crippen LogP contribution in [-0.4, -0.2) is 42.4 Å². The quantitative estimate of drug-likeness (QED) is 0.452. The Hall–Kier alpha value is -1.71. The highest BCUT2D eigenvalue weighted by Crippen LogP contribution is 2.26. The number of aliphatic hydroxyl groups excluding tert-OH is 1. The summed E-state index contributed by atoms with van der Waals surface area (Å²) in [5, 5.41) is 19.5. The van der Waals surface area contributed by atoms with Crippen LogP contribution < -0.4 is 5.73 Å². The zero-order valence-corrected chi connectivity index (χ0v) is 11.3. The van der Waals surface area contributed by atoms with Crippen LogP contribution in [0.3, 0.4) is 0 Å². The highest BCUT2D eigenvalue weighted by Gasteiger charge is 2.27. The maximum atomic E-state index is 12.2. The average Bonchev–Trinajstić information content (AvgIpc) is 2.36. The van der Waals surface area contributed by atoms with Gasteiger partial charge >= 0.3 is 0 Å². The van der Waals surface area contributed by atoms with E-state index in [9.17, 15) is 18.5 Å². The lowest BCUT2D eigenvalue weighted by Crippen LogP contribution is -2.37. The van der Waals surface area contributed by atoms with Crippen molar-refractivity contribution in [1.29, 1.82) is 0 Å². The molecule has 106 valence electrons. The fraction of sp³-hybridized carbons (Fsp3) is 0.400. The largest absolute Gasteiger partial charge is 0.397 e. The van der Waals surface area contributed by atoms with E-state index in [2.05, 4.69) is 0 Å². The van der Waals surface area contributed by atoms with Crippen LogP contribution in [0.25, 0.3) is 0 Å². The molecule has 0 aliphatic heterocycles. The molecule has 8 nitrogen and oxygen atoms in total. The van der Waals surface area contributed by atoms with Crippen molar-refractivity contribution in [2.24, 2.45) is 0 Å². The molecule has 0 fully saturated rings. The van der Waals surface area contributed by atoms with Crippen LogP contribution in [0, 0.1) is 10.1 Å². The van der Waals surface area contributed by atoms with Crippen molar-refractivity contribution in [2.45, 2.75) is 17.9 Å². The third-order valence-corrected chi connectivity index (χ3v) is 4.79. The first-order valence-electron chi connectivity index (χ1n) is 5.34. The van der Waals surface area contributed by atoms with Crippen molar-refractivity contribution in [3.05, 3.63) is 28.3 Å². The molecule has 0 heterocycles. The van der Waals surface area contributed by atoms with Gasteiger partial charge in [0.2, 0.25) is 10.0 Å². The predicted molar refractivity (Wildman–Crippen MR) is 69.0 cm³/mol. The van der Waals surface area contributed by atoms with E-state index in [1.165, 1.54) is 14.0 Å². The van der Waals surface area contributed by atoms with E-state index in [-0.39, 0.29) is 22.9 Å². The maximum absolute atomic E-state index is 12.2. The second-order valence-corrected chi connectivity index (χ2v) is 6.00. The van der Waals surface area contributed by atoms with E-state index in [1.54, 1.807) is 0 Å². The average molecular weight is 289 g/mol. The van der Waals surface area contributed by atoms with Crippen LogP contribution in [0.1, 0.15) is 6.92 Å². The molecule has 0 bridgehead atoms. The molecule has 1 aromatic carbocycles. The van der Waals surface area contributed by atoms with Gasteiger partial charge in [-0.1, -0.05) is 0 Å². The Bertz CT molecular complexity index is 587. The van der Waals surface area contributed by atoms with Crippen molar-refractivity contribution in [3.63, 3.8) is 0 Å². The lowest BCUT2D eigenvalue weighted by atomic mass is 10.3. The van der Waals surface area contributed by atoms with E-state index < -0.39 is 21.0 Å². The van der Waals surface area contributed by atoms with Crippen molar-refractivity contribution in [1.82, 2.24) is 4.31 Å². The molecule has 1 rings (SSSR count). The molecule has 0 aliphatic carbocycles. The van der Waals surface area contributed by atoms with Crippen LogP contribution in [0.5, 0.6) is 0 Å². The van der Waals surface area contributed by atoms with Crippen LogP contribution in [0.15, 0.2) is 23.1 Å². The molecule has 0 saturated heterocycles. The number of nitrogen functional groups attached to an aromatic ring is 1. The summed E-state index contributed by atoms with van der Waals surface area (Å²) in [7, 11) is -2.60. The molecule has 1 atom stereocenters. The fourth-order valence-electron chi connectivity index (χ4n) is 1.39. The summed E-state index contributed by atoms with van der Waals surface area (Å²) in [5.41, 5.74) is 5.07. The van der Waals surface area contributed by atoms with Crippen LogP contribution in [0.4, 0.5) is 11.4 Å². The Morgan fingerprint density at radius 2 is 2.11 bits per heavy atom. The van der Waals surface area contributed by atoms with Gasteiger partial charge in [-0.3, -0.25) is 10.1 Å². The Labute approximate surface area is 110 Å². The zero-order valence-electron chi connectivity index (χ0n) is 10.5. The zero-order chi connectivity index (χ0) is 14.8. The Kier molecular flexibility index (Phi) is 4.45. The van der Waals surface area contributed by atoms with Crippen LogP contribution in [0.2, 0.25) is 0 Å². The Morgan fingerprint density at radius 3 is 2.53 bits per heavy atom. The van der Waals surface area contributed by atoms with Gasteiger partial charge in [0.05, 0.1) is 17.2 Å². The number of nitro groups is 1. The predicted octanol–water partition coefficient (Wildman–Crippen LogP) is 0.178. The Morgan fingerprint density at radius 1 is 1.53 bits per heavy atom. The first kappa shape index (κ1) is 15.3. The van der Waals surface area contributed by atoms with Crippen molar-refractivity contribution >= 4 is 21.4 Å². The molecule has 3 N–H and O–H groups in total. The summed E-state index contributed by atoms with van der Waals surface area (Å²) in [6, 6.07) is 2.52. The number of sulfonamides is 1. The number of aliphatic hydroxyl groups is 1. The molecule has 0 aromatic heterocycles. The monoisotopic (exact) mass is 289 g/mol. The van der Waals surface area contributed by atoms with E-state index in [0.717, 1.165) is 22.5 Å². The first-order valence-corrected chi connectivity index (χ1v) is 6.78. The number of anilines is 1. The summed E-state index contributed by atoms with van der Waals surface area (Å²) >= 11 is 0. The number of rotatable bonds is 5. The first-order chi connectivity index (χ1) is 8.71. The summed E-state index contributed by atoms with van der Waals surface area (Å²) in [5.74, 6) is 0. The molecular formula is C10H15N3O5S. The topological polar surface area (TPSA) is 127 Å². The van der Waals surface area contributed by atoms with Gasteiger partial charge in [-0.2, -0.15) is 4.31 Å². The number of likely N-dealkylation sites (N-methyl/N-ethyl adjacent to an activating group) is 1. The molecule has 19 heavy (non-hydrogen) atoms. The van der Waals surface area contributed by atoms with E-state index in [4.69, 9.17) is 10.8 Å². The number of hydrogen-bond acceptors (Lipinski definition) is 6. The number of benzene rings is 1. The number of non-ortho nitro benzene ring substituents is 1. The number of nitrogens with zero attached hydrogens (tertiary/aromatic N) is 2. The minimum Gasteiger partial charge on any atom is -0.397 e. The standard InChI is InChI=1S/C10H15N3O5S/c1-7(6-14)12(2)19(17,18)10-4-3-8(13(15)16)5-9(10)11/h3-5,7,14H,6,11H2,1-2H3. The molecule has 0 saturated carbocycles. The van der Waals surface area contributed by atoms with Gasteiger partial charge in [-0.25, -0.2) is 8.42 Å². The van der Waals surface area contributed by atoms with E-state index in [0.29, 0.717) is 0 Å². The number of hydrogen-bond donors (Lipinski definition) is 2. The fourth-order valence-corrected chi connectivity index (χ4v) is 2.84. The minimum atomic E-state index is -3.90. The van der Waals surface area contributed by atoms with Gasteiger partial charge in [0.1, 0.15) is 4.90 Å². The second-order valence-electron chi connectivity index (χ2n) is 4.03. The highest BCUT2D eigenvalue weighted by atomic mass is 32.2. The van der Waals surface area contributed by atoms with Gasteiger partial charge < -0.3 is 10.8 Å². The number of nitrogens with two attached hydrogens (primary N) is 1. The lowest BCUT2D eigenvalue weighted by molar-refractivity contribution is -0.384. The second kappa shape index (κ2) is 5.51. The van der Waals surface area contributed by atoms with Gasteiger partial charge in [0, 0.05) is 25.2 Å². The molecule has 9 heteroatoms. The highest BCUT2D eigenvalue weighted by molar-refractivity contribution is 7.89. The lowest BCUT2D eigenvalue weighted by Gasteiger charge is -2.23. The summed E-state index contributed by atoms with van der Waals surface area (Å²) in [4.78, 5) is 9.68.